The second-order valence-corrected chi connectivity index (χ2v) is 6.44. The van der Waals surface area contributed by atoms with Crippen LogP contribution in [0.1, 0.15) is 15.9 Å². The number of piperazine rings is 1. The lowest BCUT2D eigenvalue weighted by atomic mass is 10.1. The number of carboxylic acids is 1. The van der Waals surface area contributed by atoms with Crippen LogP contribution in [0.2, 0.25) is 0 Å². The van der Waals surface area contributed by atoms with Crippen molar-refractivity contribution in [3.8, 4) is 0 Å². The number of likely N-dealkylation sites (N-methyl/N-ethyl adjacent to an activating group) is 1. The molecule has 1 saturated heterocycles. The summed E-state index contributed by atoms with van der Waals surface area (Å²) >= 11 is 1.74. The SMILES string of the molecule is Cc1ccc(SCCN2CCN(C)CC2)cc1C(=O)O. The average Bonchev–Trinajstić information content (AvgIpc) is 2.42. The van der Waals surface area contributed by atoms with E-state index in [1.807, 2.05) is 19.1 Å². The Hall–Kier alpha value is -1.04. The average molecular weight is 294 g/mol. The van der Waals surface area contributed by atoms with E-state index in [9.17, 15) is 4.79 Å². The van der Waals surface area contributed by atoms with Crippen LogP contribution in [0.3, 0.4) is 0 Å². The van der Waals surface area contributed by atoms with Gasteiger partial charge < -0.3 is 10.0 Å². The standard InChI is InChI=1S/C15H22N2O2S/c1-12-3-4-13(11-14(12)15(18)19)20-10-9-17-7-5-16(2)6-8-17/h3-4,11H,5-10H2,1-2H3,(H,18,19). The van der Waals surface area contributed by atoms with Crippen LogP contribution in [0.15, 0.2) is 23.1 Å². The highest BCUT2D eigenvalue weighted by Gasteiger charge is 2.13. The first kappa shape index (κ1) is 15.4. The molecule has 0 aliphatic carbocycles. The summed E-state index contributed by atoms with van der Waals surface area (Å²) in [5.41, 5.74) is 1.23. The van der Waals surface area contributed by atoms with Gasteiger partial charge in [-0.05, 0) is 31.7 Å². The van der Waals surface area contributed by atoms with E-state index >= 15 is 0 Å². The fourth-order valence-corrected chi connectivity index (χ4v) is 3.24. The molecule has 1 aliphatic heterocycles. The van der Waals surface area contributed by atoms with Gasteiger partial charge in [-0.3, -0.25) is 4.90 Å². The normalized spacial score (nSPS) is 17.3. The van der Waals surface area contributed by atoms with E-state index in [4.69, 9.17) is 5.11 Å². The molecule has 1 aromatic carbocycles. The molecule has 0 atom stereocenters. The number of hydrogen-bond acceptors (Lipinski definition) is 4. The Kier molecular flexibility index (Phi) is 5.46. The van der Waals surface area contributed by atoms with E-state index in [0.717, 1.165) is 48.9 Å². The highest BCUT2D eigenvalue weighted by Crippen LogP contribution is 2.21. The minimum absolute atomic E-state index is 0.412. The zero-order chi connectivity index (χ0) is 14.5. The molecule has 0 bridgehead atoms. The van der Waals surface area contributed by atoms with Gasteiger partial charge in [0.05, 0.1) is 5.56 Å². The van der Waals surface area contributed by atoms with Crippen LogP contribution < -0.4 is 0 Å². The Morgan fingerprint density at radius 1 is 1.30 bits per heavy atom. The summed E-state index contributed by atoms with van der Waals surface area (Å²) in [7, 11) is 2.16. The van der Waals surface area contributed by atoms with Crippen molar-refractivity contribution in [3.63, 3.8) is 0 Å². The summed E-state index contributed by atoms with van der Waals surface area (Å²) in [6.07, 6.45) is 0. The van der Waals surface area contributed by atoms with Crippen molar-refractivity contribution >= 4 is 17.7 Å². The molecule has 20 heavy (non-hydrogen) atoms. The molecule has 1 aromatic rings. The largest absolute Gasteiger partial charge is 0.478 e. The summed E-state index contributed by atoms with van der Waals surface area (Å²) < 4.78 is 0. The van der Waals surface area contributed by atoms with Gasteiger partial charge in [-0.25, -0.2) is 4.79 Å². The van der Waals surface area contributed by atoms with Crippen LogP contribution in [-0.2, 0) is 0 Å². The Morgan fingerprint density at radius 2 is 2.00 bits per heavy atom. The smallest absolute Gasteiger partial charge is 0.335 e. The second kappa shape index (κ2) is 7.11. The number of nitrogens with zero attached hydrogens (tertiary/aromatic N) is 2. The molecule has 1 heterocycles. The number of benzene rings is 1. The fourth-order valence-electron chi connectivity index (χ4n) is 2.29. The Morgan fingerprint density at radius 3 is 2.65 bits per heavy atom. The van der Waals surface area contributed by atoms with Crippen molar-refractivity contribution in [2.45, 2.75) is 11.8 Å². The third-order valence-electron chi connectivity index (χ3n) is 3.71. The van der Waals surface area contributed by atoms with Crippen molar-refractivity contribution in [3.05, 3.63) is 29.3 Å². The first-order valence-electron chi connectivity index (χ1n) is 6.94. The second-order valence-electron chi connectivity index (χ2n) is 5.28. The van der Waals surface area contributed by atoms with Gasteiger partial charge >= 0.3 is 5.97 Å². The number of rotatable bonds is 5. The summed E-state index contributed by atoms with van der Waals surface area (Å²) in [5.74, 6) is 0.162. The summed E-state index contributed by atoms with van der Waals surface area (Å²) in [5, 5.41) is 9.12. The fraction of sp³-hybridized carbons (Fsp3) is 0.533. The van der Waals surface area contributed by atoms with E-state index < -0.39 is 5.97 Å². The van der Waals surface area contributed by atoms with E-state index in [1.54, 1.807) is 17.8 Å². The van der Waals surface area contributed by atoms with Crippen molar-refractivity contribution < 1.29 is 9.90 Å². The summed E-state index contributed by atoms with van der Waals surface area (Å²) in [6, 6.07) is 5.68. The molecule has 2 rings (SSSR count). The van der Waals surface area contributed by atoms with Crippen molar-refractivity contribution in [1.29, 1.82) is 0 Å². The van der Waals surface area contributed by atoms with Crippen LogP contribution in [0.5, 0.6) is 0 Å². The van der Waals surface area contributed by atoms with Crippen LogP contribution in [0.25, 0.3) is 0 Å². The van der Waals surface area contributed by atoms with Gasteiger partial charge in [-0.1, -0.05) is 6.07 Å². The maximum Gasteiger partial charge on any atom is 0.335 e. The zero-order valence-corrected chi connectivity index (χ0v) is 12.9. The molecular weight excluding hydrogens is 272 g/mol. The molecule has 5 heteroatoms. The molecule has 0 amide bonds. The molecule has 110 valence electrons. The lowest BCUT2D eigenvalue weighted by Crippen LogP contribution is -2.45. The van der Waals surface area contributed by atoms with Gasteiger partial charge in [0.25, 0.3) is 0 Å². The van der Waals surface area contributed by atoms with E-state index in [2.05, 4.69) is 16.8 Å². The Labute approximate surface area is 124 Å². The lowest BCUT2D eigenvalue weighted by molar-refractivity contribution is 0.0696. The minimum Gasteiger partial charge on any atom is -0.478 e. The van der Waals surface area contributed by atoms with Crippen LogP contribution in [-0.4, -0.2) is 66.4 Å². The third-order valence-corrected chi connectivity index (χ3v) is 4.69. The molecule has 0 aromatic heterocycles. The zero-order valence-electron chi connectivity index (χ0n) is 12.1. The number of aromatic carboxylic acids is 1. The lowest BCUT2D eigenvalue weighted by Gasteiger charge is -2.32. The molecule has 1 fully saturated rings. The van der Waals surface area contributed by atoms with Gasteiger partial charge in [0.2, 0.25) is 0 Å². The number of carboxylic acid groups (broad SMARTS) is 1. The Balaban J connectivity index is 1.82. The topological polar surface area (TPSA) is 43.8 Å². The predicted octanol–water partition coefficient (Wildman–Crippen LogP) is 2.03. The Bertz CT molecular complexity index is 471. The molecular formula is C15H22N2O2S. The van der Waals surface area contributed by atoms with Crippen LogP contribution >= 0.6 is 11.8 Å². The number of carbonyl (C=O) groups is 1. The third kappa shape index (κ3) is 4.23. The number of thioether (sulfide) groups is 1. The molecule has 0 saturated carbocycles. The number of aryl methyl sites for hydroxylation is 1. The summed E-state index contributed by atoms with van der Waals surface area (Å²) in [6.45, 7) is 7.43. The van der Waals surface area contributed by atoms with Crippen molar-refractivity contribution in [2.75, 3.05) is 45.5 Å². The van der Waals surface area contributed by atoms with Gasteiger partial charge in [-0.15, -0.1) is 11.8 Å². The molecule has 1 N–H and O–H groups in total. The molecule has 0 unspecified atom stereocenters. The van der Waals surface area contributed by atoms with E-state index in [0.29, 0.717) is 5.56 Å². The molecule has 0 spiro atoms. The quantitative estimate of drug-likeness (QED) is 0.842. The maximum absolute atomic E-state index is 11.1. The highest BCUT2D eigenvalue weighted by molar-refractivity contribution is 7.99. The number of hydrogen-bond donors (Lipinski definition) is 1. The van der Waals surface area contributed by atoms with Crippen LogP contribution in [0, 0.1) is 6.92 Å². The minimum atomic E-state index is -0.844. The van der Waals surface area contributed by atoms with Gasteiger partial charge in [0.1, 0.15) is 0 Å². The van der Waals surface area contributed by atoms with E-state index in [1.165, 1.54) is 0 Å². The summed E-state index contributed by atoms with van der Waals surface area (Å²) in [4.78, 5) is 17.0. The van der Waals surface area contributed by atoms with Crippen LogP contribution in [0.4, 0.5) is 0 Å². The first-order valence-corrected chi connectivity index (χ1v) is 7.92. The maximum atomic E-state index is 11.1. The van der Waals surface area contributed by atoms with Crippen molar-refractivity contribution in [1.82, 2.24) is 9.80 Å². The van der Waals surface area contributed by atoms with Crippen molar-refractivity contribution in [2.24, 2.45) is 0 Å². The van der Waals surface area contributed by atoms with Gasteiger partial charge in [-0.2, -0.15) is 0 Å². The first-order chi connectivity index (χ1) is 9.56. The van der Waals surface area contributed by atoms with Gasteiger partial charge in [0.15, 0.2) is 0 Å². The molecule has 0 radical (unpaired) electrons. The molecule has 4 nitrogen and oxygen atoms in total. The van der Waals surface area contributed by atoms with E-state index in [-0.39, 0.29) is 0 Å². The predicted molar refractivity (Wildman–Crippen MR) is 82.8 cm³/mol. The highest BCUT2D eigenvalue weighted by atomic mass is 32.2. The van der Waals surface area contributed by atoms with Gasteiger partial charge in [0, 0.05) is 43.4 Å². The molecule has 1 aliphatic rings. The monoisotopic (exact) mass is 294 g/mol.